The molecule has 1 fully saturated rings. The number of carbonyl (C=O) groups is 2. The minimum Gasteiger partial charge on any atom is -0.481 e. The van der Waals surface area contributed by atoms with Crippen LogP contribution in [-0.2, 0) is 9.59 Å². The lowest BCUT2D eigenvalue weighted by atomic mass is 9.81. The van der Waals surface area contributed by atoms with Gasteiger partial charge in [-0.15, -0.1) is 0 Å². The van der Waals surface area contributed by atoms with Crippen LogP contribution in [-0.4, -0.2) is 16.9 Å². The summed E-state index contributed by atoms with van der Waals surface area (Å²) in [5.41, 5.74) is 0.719. The Balaban J connectivity index is 2.40. The largest absolute Gasteiger partial charge is 0.481 e. The van der Waals surface area contributed by atoms with E-state index in [9.17, 15) is 14.7 Å². The van der Waals surface area contributed by atoms with Crippen LogP contribution in [0.15, 0.2) is 35.5 Å². The van der Waals surface area contributed by atoms with E-state index in [0.717, 1.165) is 11.1 Å². The van der Waals surface area contributed by atoms with Gasteiger partial charge in [0.25, 0.3) is 0 Å². The molecule has 2 rings (SSSR count). The molecule has 0 amide bonds. The van der Waals surface area contributed by atoms with E-state index in [4.69, 9.17) is 0 Å². The lowest BCUT2D eigenvalue weighted by Crippen LogP contribution is -2.29. The maximum absolute atomic E-state index is 12.2. The molecule has 2 aliphatic rings. The molecule has 3 nitrogen and oxygen atoms in total. The van der Waals surface area contributed by atoms with Crippen LogP contribution in [0.25, 0.3) is 0 Å². The Morgan fingerprint density at radius 1 is 1.41 bits per heavy atom. The maximum Gasteiger partial charge on any atom is 0.311 e. The molecule has 2 aliphatic carbocycles. The van der Waals surface area contributed by atoms with E-state index in [-0.39, 0.29) is 23.0 Å². The molecule has 0 radical (unpaired) electrons. The topological polar surface area (TPSA) is 54.4 Å². The smallest absolute Gasteiger partial charge is 0.311 e. The Morgan fingerprint density at radius 2 is 2.05 bits per heavy atom. The van der Waals surface area contributed by atoms with Gasteiger partial charge in [-0.25, -0.2) is 0 Å². The van der Waals surface area contributed by atoms with Gasteiger partial charge in [0, 0.05) is 18.3 Å². The molecule has 1 saturated carbocycles. The van der Waals surface area contributed by atoms with Crippen LogP contribution in [0, 0.1) is 22.7 Å². The van der Waals surface area contributed by atoms with Gasteiger partial charge in [-0.3, -0.25) is 9.59 Å². The van der Waals surface area contributed by atoms with Crippen LogP contribution in [0.3, 0.4) is 0 Å². The first kappa shape index (κ1) is 16.7. The molecule has 0 heterocycles. The Bertz CT molecular complexity index is 588. The normalized spacial score (nSPS) is 33.0. The summed E-state index contributed by atoms with van der Waals surface area (Å²) in [6, 6.07) is 0. The van der Waals surface area contributed by atoms with E-state index in [1.54, 1.807) is 0 Å². The van der Waals surface area contributed by atoms with Gasteiger partial charge < -0.3 is 5.11 Å². The van der Waals surface area contributed by atoms with E-state index in [2.05, 4.69) is 6.08 Å². The summed E-state index contributed by atoms with van der Waals surface area (Å²) in [6.07, 6.45) is 8.80. The average Bonchev–Trinajstić information content (AvgIpc) is 2.70. The number of carbonyl (C=O) groups excluding carboxylic acids is 1. The highest BCUT2D eigenvalue weighted by molar-refractivity contribution is 5.99. The highest BCUT2D eigenvalue weighted by atomic mass is 16.4. The van der Waals surface area contributed by atoms with Crippen molar-refractivity contribution in [2.24, 2.45) is 22.7 Å². The van der Waals surface area contributed by atoms with E-state index in [1.165, 1.54) is 0 Å². The molecule has 3 heteroatoms. The van der Waals surface area contributed by atoms with Crippen LogP contribution in [0.4, 0.5) is 0 Å². The third-order valence-electron chi connectivity index (χ3n) is 5.43. The summed E-state index contributed by atoms with van der Waals surface area (Å²) >= 11 is 0. The van der Waals surface area contributed by atoms with Crippen LogP contribution >= 0.6 is 0 Å². The number of aliphatic carboxylic acids is 1. The number of Topliss-reactive ketones (excluding diaryl/α,β-unsaturated/α-hetero) is 1. The van der Waals surface area contributed by atoms with Gasteiger partial charge in [0.1, 0.15) is 0 Å². The Hall–Kier alpha value is -1.64. The van der Waals surface area contributed by atoms with Crippen molar-refractivity contribution in [1.82, 2.24) is 0 Å². The van der Waals surface area contributed by atoms with E-state index in [1.807, 2.05) is 52.8 Å². The van der Waals surface area contributed by atoms with Crippen molar-refractivity contribution in [1.29, 1.82) is 0 Å². The molecule has 0 aromatic rings. The van der Waals surface area contributed by atoms with Crippen molar-refractivity contribution >= 4 is 11.8 Å². The van der Waals surface area contributed by atoms with Gasteiger partial charge in [-0.05, 0) is 38.2 Å². The average molecular weight is 302 g/mol. The van der Waals surface area contributed by atoms with Crippen LogP contribution < -0.4 is 0 Å². The molecule has 1 N–H and O–H groups in total. The van der Waals surface area contributed by atoms with Crippen molar-refractivity contribution in [3.63, 3.8) is 0 Å². The number of rotatable bonds is 5. The summed E-state index contributed by atoms with van der Waals surface area (Å²) in [4.78, 5) is 24.3. The molecule has 0 saturated heterocycles. The van der Waals surface area contributed by atoms with Crippen LogP contribution in [0.5, 0.6) is 0 Å². The molecule has 0 aromatic heterocycles. The molecule has 22 heavy (non-hydrogen) atoms. The number of allylic oxidation sites excluding steroid dienone is 6. The second kappa shape index (κ2) is 5.53. The fourth-order valence-electron chi connectivity index (χ4n) is 4.23. The zero-order chi connectivity index (χ0) is 16.7. The predicted molar refractivity (Wildman–Crippen MR) is 87.4 cm³/mol. The second-order valence-electron chi connectivity index (χ2n) is 7.32. The van der Waals surface area contributed by atoms with Crippen molar-refractivity contribution in [3.05, 3.63) is 35.5 Å². The fourth-order valence-corrected chi connectivity index (χ4v) is 4.23. The summed E-state index contributed by atoms with van der Waals surface area (Å²) in [6.45, 7) is 9.92. The zero-order valence-corrected chi connectivity index (χ0v) is 14.1. The van der Waals surface area contributed by atoms with E-state index in [0.29, 0.717) is 12.8 Å². The molecule has 3 atom stereocenters. The summed E-state index contributed by atoms with van der Waals surface area (Å²) in [7, 11) is 0. The minimum absolute atomic E-state index is 0.0161. The van der Waals surface area contributed by atoms with Gasteiger partial charge in [-0.2, -0.15) is 0 Å². The second-order valence-corrected chi connectivity index (χ2v) is 7.32. The first-order chi connectivity index (χ1) is 10.2. The Labute approximate surface area is 132 Å². The number of hydrogen-bond donors (Lipinski definition) is 1. The number of carboxylic acid groups (broad SMARTS) is 1. The molecule has 3 unspecified atom stereocenters. The molecule has 0 spiro atoms. The Morgan fingerprint density at radius 3 is 2.55 bits per heavy atom. The molecule has 0 aromatic carbocycles. The van der Waals surface area contributed by atoms with Gasteiger partial charge in [0.2, 0.25) is 0 Å². The number of carboxylic acids is 1. The van der Waals surface area contributed by atoms with Gasteiger partial charge in [0.05, 0.1) is 5.41 Å². The molecular formula is C19H26O3. The minimum atomic E-state index is -0.850. The Kier molecular flexibility index (Phi) is 4.20. The van der Waals surface area contributed by atoms with Crippen molar-refractivity contribution in [3.8, 4) is 0 Å². The van der Waals surface area contributed by atoms with Crippen molar-refractivity contribution in [2.45, 2.75) is 47.5 Å². The summed E-state index contributed by atoms with van der Waals surface area (Å²) in [5.74, 6) is -0.894. The summed E-state index contributed by atoms with van der Waals surface area (Å²) < 4.78 is 0. The lowest BCUT2D eigenvalue weighted by molar-refractivity contribution is -0.147. The molecular weight excluding hydrogens is 276 g/mol. The van der Waals surface area contributed by atoms with Crippen molar-refractivity contribution in [2.75, 3.05) is 0 Å². The third kappa shape index (κ3) is 2.27. The van der Waals surface area contributed by atoms with E-state index < -0.39 is 11.4 Å². The van der Waals surface area contributed by atoms with E-state index >= 15 is 0 Å². The molecule has 0 aliphatic heterocycles. The van der Waals surface area contributed by atoms with Gasteiger partial charge in [-0.1, -0.05) is 43.7 Å². The highest BCUT2D eigenvalue weighted by Crippen LogP contribution is 2.74. The SMILES string of the molecule is CC=CCC1=CC(C2(C(=O)O)C(C=C(C)C)C2(C)C)CC1=O. The standard InChI is InChI=1S/C19H26O3/c1-6-7-8-13-10-14(11-15(13)20)19(17(21)22)16(9-12(2)3)18(19,4)5/h6-7,9-10,14,16H,8,11H2,1-5H3,(H,21,22). The third-order valence-corrected chi connectivity index (χ3v) is 5.43. The van der Waals surface area contributed by atoms with Gasteiger partial charge >= 0.3 is 5.97 Å². The maximum atomic E-state index is 12.2. The fraction of sp³-hybridized carbons (Fsp3) is 0.579. The molecule has 0 bridgehead atoms. The first-order valence-corrected chi connectivity index (χ1v) is 7.93. The quantitative estimate of drug-likeness (QED) is 0.776. The van der Waals surface area contributed by atoms with Crippen LogP contribution in [0.1, 0.15) is 47.5 Å². The van der Waals surface area contributed by atoms with Crippen LogP contribution in [0.2, 0.25) is 0 Å². The van der Waals surface area contributed by atoms with Crippen molar-refractivity contribution < 1.29 is 14.7 Å². The van der Waals surface area contributed by atoms with Gasteiger partial charge in [0.15, 0.2) is 5.78 Å². The molecule has 120 valence electrons. The lowest BCUT2D eigenvalue weighted by Gasteiger charge is -2.21. The summed E-state index contributed by atoms with van der Waals surface area (Å²) in [5, 5.41) is 9.95. The number of ketones is 1. The number of hydrogen-bond acceptors (Lipinski definition) is 2. The highest BCUT2D eigenvalue weighted by Gasteiger charge is 2.77. The first-order valence-electron chi connectivity index (χ1n) is 7.93. The zero-order valence-electron chi connectivity index (χ0n) is 14.1. The monoisotopic (exact) mass is 302 g/mol. The predicted octanol–water partition coefficient (Wildman–Crippen LogP) is 4.16.